The average Bonchev–Trinajstić information content (AvgIpc) is 3.95. The second-order valence-electron chi connectivity index (χ2n) is 14.9. The van der Waals surface area contributed by atoms with E-state index < -0.39 is 0 Å². The van der Waals surface area contributed by atoms with Gasteiger partial charge in [-0.1, -0.05) is 6.07 Å². The molecule has 0 radical (unpaired) electrons. The van der Waals surface area contributed by atoms with Crippen molar-refractivity contribution in [1.82, 2.24) is 25.5 Å². The molecule has 6 heterocycles. The minimum Gasteiger partial charge on any atom is -0.405 e. The zero-order chi connectivity index (χ0) is 38.7. The predicted octanol–water partition coefficient (Wildman–Crippen LogP) is 4.84. The summed E-state index contributed by atoms with van der Waals surface area (Å²) in [6, 6.07) is 12.3. The predicted molar refractivity (Wildman–Crippen MR) is 216 cm³/mol. The number of pyridine rings is 1. The molecule has 292 valence electrons. The molecule has 3 aromatic rings. The summed E-state index contributed by atoms with van der Waals surface area (Å²) in [4.78, 5) is 64.8. The van der Waals surface area contributed by atoms with Crippen molar-refractivity contribution < 1.29 is 19.2 Å². The summed E-state index contributed by atoms with van der Waals surface area (Å²) in [6.07, 6.45) is 16.0. The van der Waals surface area contributed by atoms with Gasteiger partial charge in [0.2, 0.25) is 5.91 Å². The lowest BCUT2D eigenvalue weighted by Crippen LogP contribution is -2.41. The van der Waals surface area contributed by atoms with Crippen LogP contribution in [-0.2, 0) is 16.1 Å². The number of unbranched alkanes of at least 4 members (excludes halogenated alkanes) is 1. The SMILES string of the molecule is CN1CCCC1c1cc(C=NC(=O)c2ccc(N3CCC(C4CCN(c5cccc6c5CNC6=O)CC4)CC3)nc2)c(/C=C/N)[nH]1.CNC(=O)CCCC=O. The van der Waals surface area contributed by atoms with E-state index in [0.29, 0.717) is 37.4 Å². The summed E-state index contributed by atoms with van der Waals surface area (Å²) in [5, 5.41) is 5.44. The first-order chi connectivity index (χ1) is 26.8. The normalized spacial score (nSPS) is 19.4. The third-order valence-electron chi connectivity index (χ3n) is 11.6. The van der Waals surface area contributed by atoms with Crippen molar-refractivity contribution in [3.05, 3.63) is 82.4 Å². The number of aromatic nitrogens is 2. The number of anilines is 2. The largest absolute Gasteiger partial charge is 0.405 e. The molecule has 0 saturated carbocycles. The van der Waals surface area contributed by atoms with E-state index in [1.807, 2.05) is 30.3 Å². The highest BCUT2D eigenvalue weighted by molar-refractivity contribution is 6.02. The summed E-state index contributed by atoms with van der Waals surface area (Å²) in [7, 11) is 3.72. The molecule has 5 N–H and O–H groups in total. The zero-order valence-corrected chi connectivity index (χ0v) is 32.1. The number of fused-ring (bicyclic) bond motifs is 1. The van der Waals surface area contributed by atoms with E-state index in [-0.39, 0.29) is 17.7 Å². The van der Waals surface area contributed by atoms with E-state index in [0.717, 1.165) is 104 Å². The lowest BCUT2D eigenvalue weighted by atomic mass is 9.78. The number of carbonyl (C=O) groups is 4. The summed E-state index contributed by atoms with van der Waals surface area (Å²) in [5.74, 6) is 2.11. The second kappa shape index (κ2) is 18.8. The quantitative estimate of drug-likeness (QED) is 0.122. The van der Waals surface area contributed by atoms with Gasteiger partial charge in [-0.05, 0) is 113 Å². The van der Waals surface area contributed by atoms with Gasteiger partial charge in [0.25, 0.3) is 11.8 Å². The first-order valence-corrected chi connectivity index (χ1v) is 19.7. The van der Waals surface area contributed by atoms with Crippen molar-refractivity contribution in [2.45, 2.75) is 70.4 Å². The molecule has 3 saturated heterocycles. The van der Waals surface area contributed by atoms with Crippen molar-refractivity contribution in [1.29, 1.82) is 0 Å². The Bertz CT molecular complexity index is 1850. The number of aromatic amines is 1. The summed E-state index contributed by atoms with van der Waals surface area (Å²) < 4.78 is 0. The number of piperidine rings is 2. The molecule has 4 aliphatic rings. The Hall–Kier alpha value is -5.30. The molecule has 0 bridgehead atoms. The van der Waals surface area contributed by atoms with Gasteiger partial charge in [0.15, 0.2) is 0 Å². The van der Waals surface area contributed by atoms with Crippen LogP contribution in [0.25, 0.3) is 6.08 Å². The third-order valence-corrected chi connectivity index (χ3v) is 11.6. The molecule has 13 heteroatoms. The van der Waals surface area contributed by atoms with Crippen LogP contribution in [-0.4, -0.2) is 91.9 Å². The van der Waals surface area contributed by atoms with Crippen LogP contribution in [0.15, 0.2) is 53.8 Å². The Morgan fingerprint density at radius 3 is 2.40 bits per heavy atom. The molecule has 0 aliphatic carbocycles. The molecule has 2 aromatic heterocycles. The highest BCUT2D eigenvalue weighted by Gasteiger charge is 2.32. The fourth-order valence-corrected chi connectivity index (χ4v) is 8.45. The van der Waals surface area contributed by atoms with E-state index in [9.17, 15) is 19.2 Å². The number of aliphatic imine (C=N–C) groups is 1. The van der Waals surface area contributed by atoms with Crippen LogP contribution in [0.3, 0.4) is 0 Å². The summed E-state index contributed by atoms with van der Waals surface area (Å²) >= 11 is 0. The van der Waals surface area contributed by atoms with Gasteiger partial charge in [0, 0.05) is 105 Å². The molecular formula is C42H55N9O4. The lowest BCUT2D eigenvalue weighted by molar-refractivity contribution is -0.120. The van der Waals surface area contributed by atoms with Gasteiger partial charge in [-0.2, -0.15) is 0 Å². The number of benzene rings is 1. The Morgan fingerprint density at radius 2 is 1.76 bits per heavy atom. The van der Waals surface area contributed by atoms with E-state index in [4.69, 9.17) is 5.73 Å². The first-order valence-electron chi connectivity index (χ1n) is 19.7. The maximum Gasteiger partial charge on any atom is 0.278 e. The second-order valence-corrected chi connectivity index (χ2v) is 14.9. The van der Waals surface area contributed by atoms with Gasteiger partial charge in [0.05, 0.1) is 5.56 Å². The molecule has 0 spiro atoms. The van der Waals surface area contributed by atoms with Gasteiger partial charge in [0.1, 0.15) is 12.1 Å². The number of nitrogens with two attached hydrogens (primary N) is 1. The van der Waals surface area contributed by atoms with E-state index in [2.05, 4.69) is 59.5 Å². The highest BCUT2D eigenvalue weighted by atomic mass is 16.2. The van der Waals surface area contributed by atoms with Crippen molar-refractivity contribution >= 4 is 47.8 Å². The van der Waals surface area contributed by atoms with Crippen LogP contribution >= 0.6 is 0 Å². The number of hydrogen-bond acceptors (Lipinski definition) is 9. The Labute approximate surface area is 323 Å². The van der Waals surface area contributed by atoms with Gasteiger partial charge in [-0.3, -0.25) is 19.3 Å². The van der Waals surface area contributed by atoms with Crippen LogP contribution in [0, 0.1) is 11.8 Å². The number of nitrogens with one attached hydrogen (secondary N) is 3. The minimum absolute atomic E-state index is 0.00292. The maximum atomic E-state index is 13.0. The standard InChI is InChI=1S/C36H44N8O2.C6H11NO2/c1-42-15-3-6-33(42)31-20-27(30(41-31)9-14-37)22-39-35(45)26-7-8-34(38-21-26)44-18-12-25(13-19-44)24-10-16-43(17-11-24)32-5-2-4-28-29(32)23-40-36(28)46;1-7-6(9)4-2-3-5-8/h2,4-5,7-9,14,20-22,24-25,33,41H,3,6,10-13,15-19,23,37H2,1H3,(H,40,46);5H,2-4H2,1H3,(H,7,9)/b14-9+,39-22?;. The van der Waals surface area contributed by atoms with Crippen LogP contribution < -0.4 is 26.2 Å². The molecule has 3 amide bonds. The van der Waals surface area contributed by atoms with Crippen molar-refractivity contribution in [3.63, 3.8) is 0 Å². The Morgan fingerprint density at radius 1 is 1.02 bits per heavy atom. The zero-order valence-electron chi connectivity index (χ0n) is 32.1. The van der Waals surface area contributed by atoms with Crippen molar-refractivity contribution in [2.75, 3.05) is 56.6 Å². The van der Waals surface area contributed by atoms with Crippen molar-refractivity contribution in [2.24, 2.45) is 22.6 Å². The van der Waals surface area contributed by atoms with Gasteiger partial charge in [-0.25, -0.2) is 9.98 Å². The van der Waals surface area contributed by atoms with Gasteiger partial charge >= 0.3 is 0 Å². The monoisotopic (exact) mass is 749 g/mol. The number of rotatable bonds is 11. The number of nitrogens with zero attached hydrogens (tertiary/aromatic N) is 5. The molecule has 55 heavy (non-hydrogen) atoms. The van der Waals surface area contributed by atoms with E-state index in [1.54, 1.807) is 19.5 Å². The maximum absolute atomic E-state index is 13.0. The Balaban J connectivity index is 0.000000510. The van der Waals surface area contributed by atoms with Gasteiger partial charge in [-0.15, -0.1) is 0 Å². The van der Waals surface area contributed by atoms with E-state index >= 15 is 0 Å². The summed E-state index contributed by atoms with van der Waals surface area (Å²) in [5.41, 5.74) is 12.2. The molecule has 3 fully saturated rings. The molecule has 1 aromatic carbocycles. The fourth-order valence-electron chi connectivity index (χ4n) is 8.45. The molecule has 7 rings (SSSR count). The topological polar surface area (TPSA) is 169 Å². The smallest absolute Gasteiger partial charge is 0.278 e. The fraction of sp³-hybridized carbons (Fsp3) is 0.476. The number of hydrogen-bond donors (Lipinski definition) is 4. The van der Waals surface area contributed by atoms with Crippen LogP contribution in [0.1, 0.15) is 107 Å². The Kier molecular flexibility index (Phi) is 13.5. The molecule has 13 nitrogen and oxygen atoms in total. The van der Waals surface area contributed by atoms with Crippen LogP contribution in [0.2, 0.25) is 0 Å². The number of amides is 3. The lowest BCUT2D eigenvalue weighted by Gasteiger charge is -2.41. The van der Waals surface area contributed by atoms with E-state index in [1.165, 1.54) is 31.1 Å². The average molecular weight is 750 g/mol. The number of likely N-dealkylation sites (tertiary alicyclic amines) is 1. The molecule has 1 atom stereocenters. The summed E-state index contributed by atoms with van der Waals surface area (Å²) in [6.45, 7) is 5.76. The van der Waals surface area contributed by atoms with Crippen LogP contribution in [0.5, 0.6) is 0 Å². The number of carbonyl (C=O) groups excluding carboxylic acids is 4. The molecular weight excluding hydrogens is 695 g/mol. The molecule has 1 unspecified atom stereocenters. The van der Waals surface area contributed by atoms with Crippen molar-refractivity contribution in [3.8, 4) is 0 Å². The number of aldehydes is 1. The third kappa shape index (κ3) is 9.69. The molecule has 4 aliphatic heterocycles. The van der Waals surface area contributed by atoms with Gasteiger partial charge < -0.3 is 35.9 Å². The minimum atomic E-state index is -0.309. The first kappa shape index (κ1) is 39.4. The highest BCUT2D eigenvalue weighted by Crippen LogP contribution is 2.37. The number of H-pyrrole nitrogens is 1. The van der Waals surface area contributed by atoms with Crippen LogP contribution in [0.4, 0.5) is 11.5 Å².